The maximum atomic E-state index is 12.6. The first-order valence-electron chi connectivity index (χ1n) is 10.4. The Hall–Kier alpha value is -3.49. The highest BCUT2D eigenvalue weighted by Crippen LogP contribution is 2.31. The highest BCUT2D eigenvalue weighted by Gasteiger charge is 2.24. The number of nitrogens with zero attached hydrogens (tertiary/aromatic N) is 2. The van der Waals surface area contributed by atoms with E-state index in [2.05, 4.69) is 10.2 Å². The molecule has 1 fully saturated rings. The second-order valence-electron chi connectivity index (χ2n) is 7.49. The lowest BCUT2D eigenvalue weighted by Crippen LogP contribution is -2.40. The van der Waals surface area contributed by atoms with Gasteiger partial charge in [-0.2, -0.15) is 10.2 Å². The van der Waals surface area contributed by atoms with Crippen molar-refractivity contribution in [3.63, 3.8) is 0 Å². The summed E-state index contributed by atoms with van der Waals surface area (Å²) in [6, 6.07) is 17.0. The van der Waals surface area contributed by atoms with Crippen LogP contribution < -0.4 is 10.2 Å². The summed E-state index contributed by atoms with van der Waals surface area (Å²) >= 11 is 0. The van der Waals surface area contributed by atoms with Crippen molar-refractivity contribution in [3.8, 4) is 11.5 Å². The predicted octanol–water partition coefficient (Wildman–Crippen LogP) is 4.78. The van der Waals surface area contributed by atoms with Crippen LogP contribution in [0.25, 0.3) is 0 Å². The molecule has 0 saturated carbocycles. The number of phenols is 1. The van der Waals surface area contributed by atoms with E-state index in [0.717, 1.165) is 23.0 Å². The molecule has 1 aliphatic heterocycles. The number of carbonyl (C=O) groups excluding carboxylic acids is 1. The Bertz CT molecular complexity index is 1120. The van der Waals surface area contributed by atoms with Gasteiger partial charge >= 0.3 is 13.1 Å². The molecule has 1 aliphatic rings. The van der Waals surface area contributed by atoms with E-state index in [-0.39, 0.29) is 12.9 Å². The number of hydrogen-bond acceptors (Lipinski definition) is 7. The van der Waals surface area contributed by atoms with Crippen LogP contribution in [0.15, 0.2) is 70.9 Å². The van der Waals surface area contributed by atoms with Gasteiger partial charge in [0, 0.05) is 13.2 Å². The molecule has 7 nitrogen and oxygen atoms in total. The summed E-state index contributed by atoms with van der Waals surface area (Å²) in [5.74, 6) is 0.203. The molecule has 1 saturated heterocycles. The largest absolute Gasteiger partial charge is 0.508 e. The SMILES string of the molecule is Cc1c(N=Nc2ccc(O)cc2)ccc(OC(=O)c2ccc(B3OCCCO3)cc2)c1C. The van der Waals surface area contributed by atoms with Crippen LogP contribution in [0.2, 0.25) is 0 Å². The van der Waals surface area contributed by atoms with E-state index in [0.29, 0.717) is 35.9 Å². The van der Waals surface area contributed by atoms with Gasteiger partial charge < -0.3 is 19.2 Å². The number of azo groups is 1. The van der Waals surface area contributed by atoms with Gasteiger partial charge in [0.25, 0.3) is 0 Å². The van der Waals surface area contributed by atoms with Crippen LogP contribution in [0.1, 0.15) is 27.9 Å². The number of aromatic hydroxyl groups is 1. The Morgan fingerprint density at radius 3 is 2.28 bits per heavy atom. The van der Waals surface area contributed by atoms with E-state index in [1.54, 1.807) is 48.5 Å². The Morgan fingerprint density at radius 2 is 1.59 bits per heavy atom. The van der Waals surface area contributed by atoms with Crippen LogP contribution in [0.5, 0.6) is 11.5 Å². The van der Waals surface area contributed by atoms with Crippen molar-refractivity contribution in [2.75, 3.05) is 13.2 Å². The molecule has 0 spiro atoms. The molecular formula is C24H23BN2O5. The molecule has 3 aromatic carbocycles. The van der Waals surface area contributed by atoms with E-state index in [1.165, 1.54) is 0 Å². The van der Waals surface area contributed by atoms with Crippen molar-refractivity contribution in [2.45, 2.75) is 20.3 Å². The molecule has 0 aromatic heterocycles. The molecule has 0 atom stereocenters. The molecule has 162 valence electrons. The highest BCUT2D eigenvalue weighted by molar-refractivity contribution is 6.61. The number of hydrogen-bond donors (Lipinski definition) is 1. The van der Waals surface area contributed by atoms with E-state index in [4.69, 9.17) is 14.0 Å². The zero-order valence-electron chi connectivity index (χ0n) is 17.9. The quantitative estimate of drug-likeness (QED) is 0.273. The van der Waals surface area contributed by atoms with Gasteiger partial charge in [0.1, 0.15) is 11.5 Å². The number of benzene rings is 3. The van der Waals surface area contributed by atoms with Crippen molar-refractivity contribution >= 4 is 29.9 Å². The van der Waals surface area contributed by atoms with Crippen molar-refractivity contribution in [1.82, 2.24) is 0 Å². The summed E-state index contributed by atoms with van der Waals surface area (Å²) in [5.41, 5.74) is 4.28. The van der Waals surface area contributed by atoms with Gasteiger partial charge in [0.2, 0.25) is 0 Å². The average molecular weight is 430 g/mol. The lowest BCUT2D eigenvalue weighted by Gasteiger charge is -2.19. The van der Waals surface area contributed by atoms with Gasteiger partial charge in [-0.05, 0) is 85.4 Å². The summed E-state index contributed by atoms with van der Waals surface area (Å²) in [5, 5.41) is 17.8. The third-order valence-electron chi connectivity index (χ3n) is 5.28. The van der Waals surface area contributed by atoms with Crippen LogP contribution in [0, 0.1) is 13.8 Å². The van der Waals surface area contributed by atoms with Crippen LogP contribution in [-0.2, 0) is 9.31 Å². The fourth-order valence-electron chi connectivity index (χ4n) is 3.25. The van der Waals surface area contributed by atoms with Gasteiger partial charge in [-0.1, -0.05) is 12.1 Å². The topological polar surface area (TPSA) is 89.7 Å². The third kappa shape index (κ3) is 5.04. The van der Waals surface area contributed by atoms with Crippen LogP contribution in [-0.4, -0.2) is 31.4 Å². The van der Waals surface area contributed by atoms with Crippen LogP contribution in [0.4, 0.5) is 11.4 Å². The summed E-state index contributed by atoms with van der Waals surface area (Å²) in [6.07, 6.45) is 0.886. The molecule has 0 unspecified atom stereocenters. The maximum Gasteiger partial charge on any atom is 0.493 e. The van der Waals surface area contributed by atoms with Crippen molar-refractivity contribution < 1.29 is 23.9 Å². The van der Waals surface area contributed by atoms with E-state index < -0.39 is 5.97 Å². The lowest BCUT2D eigenvalue weighted by atomic mass is 9.78. The van der Waals surface area contributed by atoms with Gasteiger partial charge in [-0.25, -0.2) is 4.79 Å². The smallest absolute Gasteiger partial charge is 0.493 e. The summed E-state index contributed by atoms with van der Waals surface area (Å²) in [4.78, 5) is 12.6. The van der Waals surface area contributed by atoms with Crippen molar-refractivity contribution in [1.29, 1.82) is 0 Å². The van der Waals surface area contributed by atoms with Gasteiger partial charge in [-0.3, -0.25) is 0 Å². The second-order valence-corrected chi connectivity index (χ2v) is 7.49. The third-order valence-corrected chi connectivity index (χ3v) is 5.28. The Balaban J connectivity index is 1.45. The fourth-order valence-corrected chi connectivity index (χ4v) is 3.25. The highest BCUT2D eigenvalue weighted by atomic mass is 16.6. The molecule has 0 amide bonds. The Kier molecular flexibility index (Phi) is 6.63. The summed E-state index contributed by atoms with van der Waals surface area (Å²) in [6.45, 7) is 5.10. The van der Waals surface area contributed by atoms with Crippen LogP contribution >= 0.6 is 0 Å². The first-order valence-corrected chi connectivity index (χ1v) is 10.4. The zero-order chi connectivity index (χ0) is 22.5. The van der Waals surface area contributed by atoms with E-state index in [1.807, 2.05) is 26.0 Å². The van der Waals surface area contributed by atoms with E-state index in [9.17, 15) is 9.90 Å². The molecule has 4 rings (SSSR count). The maximum absolute atomic E-state index is 12.6. The number of carbonyl (C=O) groups is 1. The predicted molar refractivity (Wildman–Crippen MR) is 122 cm³/mol. The Morgan fingerprint density at radius 1 is 0.906 bits per heavy atom. The van der Waals surface area contributed by atoms with Gasteiger partial charge in [0.15, 0.2) is 0 Å². The van der Waals surface area contributed by atoms with Crippen LogP contribution in [0.3, 0.4) is 0 Å². The number of esters is 1. The molecule has 8 heteroatoms. The molecule has 32 heavy (non-hydrogen) atoms. The minimum atomic E-state index is -0.442. The monoisotopic (exact) mass is 430 g/mol. The summed E-state index contributed by atoms with van der Waals surface area (Å²) < 4.78 is 16.8. The minimum Gasteiger partial charge on any atom is -0.508 e. The second kappa shape index (κ2) is 9.76. The molecule has 0 bridgehead atoms. The molecule has 0 aliphatic carbocycles. The normalized spacial score (nSPS) is 14.0. The standard InChI is InChI=1S/C24H23BN2O5/c1-16-17(2)23(13-12-22(16)27-26-20-8-10-21(28)11-9-20)32-24(29)18-4-6-19(7-5-18)25-30-14-3-15-31-25/h4-13,28H,3,14-15H2,1-2H3. The number of ether oxygens (including phenoxy) is 1. The number of rotatable bonds is 5. The molecule has 1 N–H and O–H groups in total. The minimum absolute atomic E-state index is 0.174. The first-order chi connectivity index (χ1) is 15.5. The average Bonchev–Trinajstić information content (AvgIpc) is 2.83. The molecule has 3 aromatic rings. The van der Waals surface area contributed by atoms with Gasteiger partial charge in [0.05, 0.1) is 16.9 Å². The van der Waals surface area contributed by atoms with E-state index >= 15 is 0 Å². The number of phenolic OH excluding ortho intramolecular Hbond substituents is 1. The fraction of sp³-hybridized carbons (Fsp3) is 0.208. The van der Waals surface area contributed by atoms with Crippen molar-refractivity contribution in [3.05, 3.63) is 77.4 Å². The first kappa shape index (κ1) is 21.7. The molecular weight excluding hydrogens is 407 g/mol. The lowest BCUT2D eigenvalue weighted by molar-refractivity contribution is 0.0733. The van der Waals surface area contributed by atoms with Gasteiger partial charge in [-0.15, -0.1) is 0 Å². The zero-order valence-corrected chi connectivity index (χ0v) is 17.9. The molecule has 0 radical (unpaired) electrons. The molecule has 1 heterocycles. The Labute approximate surface area is 186 Å². The summed E-state index contributed by atoms with van der Waals surface area (Å²) in [7, 11) is -0.387. The van der Waals surface area contributed by atoms with Crippen molar-refractivity contribution in [2.24, 2.45) is 10.2 Å².